The van der Waals surface area contributed by atoms with E-state index >= 15 is 0 Å². The maximum Gasteiger partial charge on any atom is 0.133 e. The van der Waals surface area contributed by atoms with Crippen LogP contribution in [-0.2, 0) is 11.2 Å². The molecule has 1 N–H and O–H groups in total. The van der Waals surface area contributed by atoms with Crippen molar-refractivity contribution in [3.8, 4) is 0 Å². The first-order chi connectivity index (χ1) is 6.77. The van der Waals surface area contributed by atoms with Crippen molar-refractivity contribution in [2.75, 3.05) is 0 Å². The van der Waals surface area contributed by atoms with E-state index in [0.717, 1.165) is 17.5 Å². The maximum atomic E-state index is 11.3. The first-order valence-electron chi connectivity index (χ1n) is 5.05. The Bertz CT molecular complexity index is 344. The fraction of sp³-hybridized carbons (Fsp3) is 0.417. The van der Waals surface area contributed by atoms with E-state index in [9.17, 15) is 9.90 Å². The molecule has 0 aromatic heterocycles. The second kappa shape index (κ2) is 3.93. The van der Waals surface area contributed by atoms with Gasteiger partial charge in [-0.05, 0) is 24.0 Å². The van der Waals surface area contributed by atoms with Gasteiger partial charge in [-0.25, -0.2) is 0 Å². The summed E-state index contributed by atoms with van der Waals surface area (Å²) in [5.41, 5.74) is 2.12. The predicted molar refractivity (Wildman–Crippen MR) is 54.0 cm³/mol. The van der Waals surface area contributed by atoms with Crippen LogP contribution in [-0.4, -0.2) is 10.9 Å². The molecule has 0 radical (unpaired) electrons. The Labute approximate surface area is 83.6 Å². The zero-order chi connectivity index (χ0) is 9.97. The first-order valence-corrected chi connectivity index (χ1v) is 5.05. The molecule has 0 bridgehead atoms. The molecule has 1 aliphatic carbocycles. The highest BCUT2D eigenvalue weighted by molar-refractivity contribution is 5.79. The van der Waals surface area contributed by atoms with Gasteiger partial charge in [0.2, 0.25) is 0 Å². The Morgan fingerprint density at radius 2 is 1.93 bits per heavy atom. The molecule has 1 unspecified atom stereocenters. The van der Waals surface area contributed by atoms with Crippen LogP contribution in [0, 0.1) is 0 Å². The summed E-state index contributed by atoms with van der Waals surface area (Å²) in [4.78, 5) is 11.3. The lowest BCUT2D eigenvalue weighted by Crippen LogP contribution is -2.11. The molecule has 0 amide bonds. The number of Topliss-reactive ketones (excluding diaryl/α,β-unsaturated/α-hetero) is 1. The van der Waals surface area contributed by atoms with Crippen molar-refractivity contribution in [2.45, 2.75) is 31.8 Å². The standard InChI is InChI=1S/C12H14O2/c13-10-6-5-9-3-1-2-4-11(9)12(14)8-7-10/h1-4,12,14H,5-8H2. The fourth-order valence-corrected chi connectivity index (χ4v) is 1.94. The molecule has 0 aliphatic heterocycles. The van der Waals surface area contributed by atoms with Crippen LogP contribution in [0.3, 0.4) is 0 Å². The third kappa shape index (κ3) is 1.85. The number of aliphatic hydroxyl groups is 1. The molecule has 2 heteroatoms. The summed E-state index contributed by atoms with van der Waals surface area (Å²) >= 11 is 0. The van der Waals surface area contributed by atoms with Crippen LogP contribution < -0.4 is 0 Å². The molecule has 1 atom stereocenters. The van der Waals surface area contributed by atoms with Crippen LogP contribution in [0.15, 0.2) is 24.3 Å². The second-order valence-electron chi connectivity index (χ2n) is 3.79. The number of carbonyl (C=O) groups excluding carboxylic acids is 1. The maximum absolute atomic E-state index is 11.3. The van der Waals surface area contributed by atoms with Gasteiger partial charge in [0.1, 0.15) is 5.78 Å². The summed E-state index contributed by atoms with van der Waals surface area (Å²) in [7, 11) is 0. The Morgan fingerprint density at radius 1 is 1.14 bits per heavy atom. The van der Waals surface area contributed by atoms with Crippen molar-refractivity contribution in [3.05, 3.63) is 35.4 Å². The number of benzene rings is 1. The highest BCUT2D eigenvalue weighted by Crippen LogP contribution is 2.26. The highest BCUT2D eigenvalue weighted by atomic mass is 16.3. The molecule has 1 aromatic rings. The summed E-state index contributed by atoms with van der Waals surface area (Å²) in [6.45, 7) is 0. The topological polar surface area (TPSA) is 37.3 Å². The van der Waals surface area contributed by atoms with Crippen molar-refractivity contribution >= 4 is 5.78 Å². The lowest BCUT2D eigenvalue weighted by atomic mass is 9.91. The molecule has 74 valence electrons. The van der Waals surface area contributed by atoms with E-state index in [4.69, 9.17) is 0 Å². The molecular formula is C12H14O2. The number of aryl methyl sites for hydroxylation is 1. The van der Waals surface area contributed by atoms with Gasteiger partial charge in [0.25, 0.3) is 0 Å². The zero-order valence-corrected chi connectivity index (χ0v) is 8.07. The average molecular weight is 190 g/mol. The number of carbonyl (C=O) groups is 1. The quantitative estimate of drug-likeness (QED) is 0.679. The van der Waals surface area contributed by atoms with Crippen LogP contribution in [0.1, 0.15) is 36.5 Å². The first kappa shape index (κ1) is 9.41. The van der Waals surface area contributed by atoms with E-state index < -0.39 is 6.10 Å². The Kier molecular flexibility index (Phi) is 2.64. The summed E-state index contributed by atoms with van der Waals surface area (Å²) in [6, 6.07) is 7.84. The fourth-order valence-electron chi connectivity index (χ4n) is 1.94. The van der Waals surface area contributed by atoms with Crippen molar-refractivity contribution in [1.29, 1.82) is 0 Å². The van der Waals surface area contributed by atoms with Gasteiger partial charge in [-0.15, -0.1) is 0 Å². The van der Waals surface area contributed by atoms with E-state index in [1.165, 1.54) is 0 Å². The molecule has 14 heavy (non-hydrogen) atoms. The van der Waals surface area contributed by atoms with Gasteiger partial charge in [-0.3, -0.25) is 4.79 Å². The molecule has 2 nitrogen and oxygen atoms in total. The number of aliphatic hydroxyl groups excluding tert-OH is 1. The van der Waals surface area contributed by atoms with Gasteiger partial charge >= 0.3 is 0 Å². The van der Waals surface area contributed by atoms with Gasteiger partial charge in [0.15, 0.2) is 0 Å². The van der Waals surface area contributed by atoms with E-state index in [2.05, 4.69) is 0 Å². The minimum Gasteiger partial charge on any atom is -0.388 e. The molecule has 1 aliphatic rings. The minimum atomic E-state index is -0.463. The molecule has 2 rings (SSSR count). The van der Waals surface area contributed by atoms with Crippen molar-refractivity contribution in [3.63, 3.8) is 0 Å². The van der Waals surface area contributed by atoms with E-state index in [1.807, 2.05) is 24.3 Å². The van der Waals surface area contributed by atoms with Crippen LogP contribution >= 0.6 is 0 Å². The summed E-state index contributed by atoms with van der Waals surface area (Å²) in [5.74, 6) is 0.263. The highest BCUT2D eigenvalue weighted by Gasteiger charge is 2.17. The zero-order valence-electron chi connectivity index (χ0n) is 8.07. The summed E-state index contributed by atoms with van der Waals surface area (Å²) in [6.07, 6.45) is 2.00. The molecular weight excluding hydrogens is 176 g/mol. The lowest BCUT2D eigenvalue weighted by molar-refractivity contribution is -0.119. The predicted octanol–water partition coefficient (Wildman–Crippen LogP) is 2.02. The number of rotatable bonds is 0. The lowest BCUT2D eigenvalue weighted by Gasteiger charge is -2.17. The monoisotopic (exact) mass is 190 g/mol. The normalized spacial score (nSPS) is 22.4. The van der Waals surface area contributed by atoms with Crippen LogP contribution in [0.5, 0.6) is 0 Å². The number of hydrogen-bond acceptors (Lipinski definition) is 2. The van der Waals surface area contributed by atoms with Crippen molar-refractivity contribution in [2.24, 2.45) is 0 Å². The SMILES string of the molecule is O=C1CCc2ccccc2C(O)CC1. The molecule has 0 saturated heterocycles. The third-order valence-electron chi connectivity index (χ3n) is 2.78. The van der Waals surface area contributed by atoms with Crippen LogP contribution in [0.2, 0.25) is 0 Å². The second-order valence-corrected chi connectivity index (χ2v) is 3.79. The van der Waals surface area contributed by atoms with E-state index in [0.29, 0.717) is 19.3 Å². The van der Waals surface area contributed by atoms with E-state index in [1.54, 1.807) is 0 Å². The van der Waals surface area contributed by atoms with Crippen LogP contribution in [0.4, 0.5) is 0 Å². The Morgan fingerprint density at radius 3 is 2.79 bits per heavy atom. The third-order valence-corrected chi connectivity index (χ3v) is 2.78. The smallest absolute Gasteiger partial charge is 0.133 e. The molecule has 1 aromatic carbocycles. The molecule has 0 fully saturated rings. The van der Waals surface area contributed by atoms with Gasteiger partial charge in [0, 0.05) is 12.8 Å². The van der Waals surface area contributed by atoms with E-state index in [-0.39, 0.29) is 5.78 Å². The summed E-state index contributed by atoms with van der Waals surface area (Å²) < 4.78 is 0. The van der Waals surface area contributed by atoms with Gasteiger partial charge in [-0.1, -0.05) is 24.3 Å². The van der Waals surface area contributed by atoms with Gasteiger partial charge < -0.3 is 5.11 Å². The van der Waals surface area contributed by atoms with Gasteiger partial charge in [0.05, 0.1) is 6.10 Å². The van der Waals surface area contributed by atoms with Gasteiger partial charge in [-0.2, -0.15) is 0 Å². The van der Waals surface area contributed by atoms with Crippen molar-refractivity contribution < 1.29 is 9.90 Å². The van der Waals surface area contributed by atoms with Crippen molar-refractivity contribution in [1.82, 2.24) is 0 Å². The Balaban J connectivity index is 2.33. The molecule has 0 saturated carbocycles. The largest absolute Gasteiger partial charge is 0.388 e. The molecule has 0 heterocycles. The molecule has 0 spiro atoms. The Hall–Kier alpha value is -1.15. The van der Waals surface area contributed by atoms with Crippen LogP contribution in [0.25, 0.3) is 0 Å². The minimum absolute atomic E-state index is 0.263. The number of ketones is 1. The summed E-state index contributed by atoms with van der Waals surface area (Å²) in [5, 5.41) is 9.83. The number of hydrogen-bond donors (Lipinski definition) is 1. The number of fused-ring (bicyclic) bond motifs is 1. The average Bonchev–Trinajstić information content (AvgIpc) is 2.21.